The Morgan fingerprint density at radius 3 is 2.77 bits per heavy atom. The third-order valence-electron chi connectivity index (χ3n) is 2.63. The molecule has 2 heterocycles. The van der Waals surface area contributed by atoms with E-state index in [9.17, 15) is 0 Å². The summed E-state index contributed by atoms with van der Waals surface area (Å²) in [7, 11) is 0. The van der Waals surface area contributed by atoms with Gasteiger partial charge in [0.1, 0.15) is 12.1 Å². The van der Waals surface area contributed by atoms with Gasteiger partial charge in [-0.3, -0.25) is 0 Å². The van der Waals surface area contributed by atoms with Gasteiger partial charge >= 0.3 is 0 Å². The van der Waals surface area contributed by atoms with Crippen molar-refractivity contribution in [3.05, 3.63) is 0 Å². The lowest BCUT2D eigenvalue weighted by Crippen LogP contribution is -2.38. The highest BCUT2D eigenvalue weighted by molar-refractivity contribution is 5.80. The fourth-order valence-electron chi connectivity index (χ4n) is 1.84. The monoisotopic (exact) mass is 183 g/mol. The first-order chi connectivity index (χ1) is 6.22. The molecule has 0 amide bonds. The smallest absolute Gasteiger partial charge is 0.186 e. The zero-order valence-corrected chi connectivity index (χ0v) is 8.38. The van der Waals surface area contributed by atoms with E-state index in [1.807, 2.05) is 0 Å². The molecule has 0 bridgehead atoms. The first-order valence-corrected chi connectivity index (χ1v) is 5.02. The summed E-state index contributed by atoms with van der Waals surface area (Å²) in [5.74, 6) is 1.31. The van der Waals surface area contributed by atoms with E-state index < -0.39 is 0 Å². The van der Waals surface area contributed by atoms with Crippen LogP contribution in [0.2, 0.25) is 0 Å². The Kier molecular flexibility index (Phi) is 2.28. The van der Waals surface area contributed by atoms with Crippen molar-refractivity contribution >= 4 is 5.90 Å². The lowest BCUT2D eigenvalue weighted by atomic mass is 9.95. The summed E-state index contributed by atoms with van der Waals surface area (Å²) in [4.78, 5) is 4.65. The van der Waals surface area contributed by atoms with Gasteiger partial charge < -0.3 is 9.47 Å². The summed E-state index contributed by atoms with van der Waals surface area (Å²) in [5.41, 5.74) is -0.0299. The molecule has 1 atom stereocenters. The number of hydrogen-bond donors (Lipinski definition) is 0. The predicted octanol–water partition coefficient (Wildman–Crippen LogP) is 1.62. The number of ether oxygens (including phenoxy) is 2. The van der Waals surface area contributed by atoms with Crippen LogP contribution in [0.15, 0.2) is 4.99 Å². The van der Waals surface area contributed by atoms with Crippen molar-refractivity contribution in [1.82, 2.24) is 0 Å². The molecule has 74 valence electrons. The summed E-state index contributed by atoms with van der Waals surface area (Å²) in [6.45, 7) is 6.57. The molecular weight excluding hydrogens is 166 g/mol. The topological polar surface area (TPSA) is 30.8 Å². The maximum atomic E-state index is 5.58. The highest BCUT2D eigenvalue weighted by Crippen LogP contribution is 2.29. The Morgan fingerprint density at radius 1 is 1.38 bits per heavy atom. The van der Waals surface area contributed by atoms with E-state index in [2.05, 4.69) is 18.8 Å². The summed E-state index contributed by atoms with van der Waals surface area (Å²) in [6, 6.07) is 0. The quantitative estimate of drug-likeness (QED) is 0.618. The minimum atomic E-state index is -0.0299. The van der Waals surface area contributed by atoms with Gasteiger partial charge in [0.25, 0.3) is 0 Å². The lowest BCUT2D eigenvalue weighted by Gasteiger charge is -2.28. The summed E-state index contributed by atoms with van der Waals surface area (Å²) in [6.07, 6.45) is 2.22. The zero-order chi connectivity index (χ0) is 9.31. The molecule has 0 radical (unpaired) electrons. The average Bonchev–Trinajstić information content (AvgIpc) is 2.51. The van der Waals surface area contributed by atoms with Crippen LogP contribution in [0.4, 0.5) is 0 Å². The fraction of sp³-hybridized carbons (Fsp3) is 0.900. The van der Waals surface area contributed by atoms with Crippen LogP contribution in [0.25, 0.3) is 0 Å². The van der Waals surface area contributed by atoms with Crippen LogP contribution >= 0.6 is 0 Å². The van der Waals surface area contributed by atoms with Crippen molar-refractivity contribution in [1.29, 1.82) is 0 Å². The van der Waals surface area contributed by atoms with Crippen LogP contribution in [0, 0.1) is 5.92 Å². The van der Waals surface area contributed by atoms with Gasteiger partial charge in [-0.05, 0) is 12.8 Å². The predicted molar refractivity (Wildman–Crippen MR) is 51.0 cm³/mol. The molecule has 0 N–H and O–H groups in total. The second-order valence-corrected chi connectivity index (χ2v) is 4.27. The molecule has 2 aliphatic rings. The Morgan fingerprint density at radius 2 is 2.23 bits per heavy atom. The standard InChI is InChI=1S/C10H17NO2/c1-8(2)9-11-10(7-13-9)4-3-5-12-6-10/h8H,3-7H2,1-2H3. The van der Waals surface area contributed by atoms with E-state index in [0.717, 1.165) is 38.6 Å². The Balaban J connectivity index is 2.08. The summed E-state index contributed by atoms with van der Waals surface area (Å²) in [5, 5.41) is 0. The van der Waals surface area contributed by atoms with Gasteiger partial charge in [0.15, 0.2) is 5.90 Å². The van der Waals surface area contributed by atoms with Crippen LogP contribution in [0.1, 0.15) is 26.7 Å². The van der Waals surface area contributed by atoms with Crippen LogP contribution in [0.3, 0.4) is 0 Å². The Bertz CT molecular complexity index is 217. The van der Waals surface area contributed by atoms with Crippen molar-refractivity contribution in [2.24, 2.45) is 10.9 Å². The van der Waals surface area contributed by atoms with E-state index in [0.29, 0.717) is 5.92 Å². The van der Waals surface area contributed by atoms with E-state index in [-0.39, 0.29) is 5.54 Å². The molecule has 2 rings (SSSR count). The molecule has 1 unspecified atom stereocenters. The fourth-order valence-corrected chi connectivity index (χ4v) is 1.84. The van der Waals surface area contributed by atoms with Gasteiger partial charge in [0.05, 0.1) is 6.61 Å². The van der Waals surface area contributed by atoms with E-state index in [1.165, 1.54) is 0 Å². The van der Waals surface area contributed by atoms with Crippen molar-refractivity contribution in [3.8, 4) is 0 Å². The van der Waals surface area contributed by atoms with Crippen molar-refractivity contribution in [2.75, 3.05) is 19.8 Å². The molecule has 2 aliphatic heterocycles. The largest absolute Gasteiger partial charge is 0.478 e. The van der Waals surface area contributed by atoms with Crippen LogP contribution < -0.4 is 0 Å². The first-order valence-electron chi connectivity index (χ1n) is 5.02. The average molecular weight is 183 g/mol. The first kappa shape index (κ1) is 9.00. The molecule has 1 fully saturated rings. The molecule has 13 heavy (non-hydrogen) atoms. The zero-order valence-electron chi connectivity index (χ0n) is 8.38. The third-order valence-corrected chi connectivity index (χ3v) is 2.63. The van der Waals surface area contributed by atoms with E-state index in [1.54, 1.807) is 0 Å². The second kappa shape index (κ2) is 3.29. The van der Waals surface area contributed by atoms with Crippen LogP contribution in [-0.4, -0.2) is 31.3 Å². The molecule has 0 saturated carbocycles. The van der Waals surface area contributed by atoms with Crippen LogP contribution in [0.5, 0.6) is 0 Å². The van der Waals surface area contributed by atoms with Gasteiger partial charge in [0, 0.05) is 12.5 Å². The minimum absolute atomic E-state index is 0.0299. The van der Waals surface area contributed by atoms with E-state index in [4.69, 9.17) is 9.47 Å². The molecular formula is C10H17NO2. The highest BCUT2D eigenvalue weighted by atomic mass is 16.5. The Hall–Kier alpha value is -0.570. The van der Waals surface area contributed by atoms with Crippen molar-refractivity contribution in [2.45, 2.75) is 32.2 Å². The van der Waals surface area contributed by atoms with Crippen LogP contribution in [-0.2, 0) is 9.47 Å². The molecule has 0 aromatic rings. The number of rotatable bonds is 1. The normalized spacial score (nSPS) is 33.6. The molecule has 3 nitrogen and oxygen atoms in total. The number of nitrogens with zero attached hydrogens (tertiary/aromatic N) is 1. The highest BCUT2D eigenvalue weighted by Gasteiger charge is 2.39. The van der Waals surface area contributed by atoms with Gasteiger partial charge in [-0.1, -0.05) is 13.8 Å². The van der Waals surface area contributed by atoms with E-state index >= 15 is 0 Å². The lowest BCUT2D eigenvalue weighted by molar-refractivity contribution is 0.0279. The van der Waals surface area contributed by atoms with Crippen molar-refractivity contribution in [3.63, 3.8) is 0 Å². The number of hydrogen-bond acceptors (Lipinski definition) is 3. The minimum Gasteiger partial charge on any atom is -0.478 e. The second-order valence-electron chi connectivity index (χ2n) is 4.27. The molecule has 0 aliphatic carbocycles. The molecule has 3 heteroatoms. The van der Waals surface area contributed by atoms with Gasteiger partial charge in [-0.25, -0.2) is 4.99 Å². The molecule has 0 aromatic heterocycles. The molecule has 0 aromatic carbocycles. The van der Waals surface area contributed by atoms with Gasteiger partial charge in [0.2, 0.25) is 0 Å². The maximum absolute atomic E-state index is 5.58. The SMILES string of the molecule is CC(C)C1=NC2(CCCOC2)CO1. The summed E-state index contributed by atoms with van der Waals surface area (Å²) >= 11 is 0. The molecule has 1 saturated heterocycles. The van der Waals surface area contributed by atoms with Gasteiger partial charge in [-0.15, -0.1) is 0 Å². The van der Waals surface area contributed by atoms with Gasteiger partial charge in [-0.2, -0.15) is 0 Å². The molecule has 1 spiro atoms. The Labute approximate surface area is 79.1 Å². The summed E-state index contributed by atoms with van der Waals surface area (Å²) < 4.78 is 11.0. The third kappa shape index (κ3) is 1.70. The van der Waals surface area contributed by atoms with Crippen molar-refractivity contribution < 1.29 is 9.47 Å². The maximum Gasteiger partial charge on any atom is 0.186 e. The number of aliphatic imine (C=N–C) groups is 1.